The first-order valence-electron chi connectivity index (χ1n) is 6.22. The zero-order valence-electron chi connectivity index (χ0n) is 11.0. The monoisotopic (exact) mass is 299 g/mol. The first-order valence-corrected chi connectivity index (χ1v) is 8.09. The number of nitrogens with zero attached hydrogens (tertiary/aromatic N) is 3. The van der Waals surface area contributed by atoms with Gasteiger partial charge in [-0.25, -0.2) is 15.0 Å². The van der Waals surface area contributed by atoms with Crippen LogP contribution in [0.1, 0.15) is 11.3 Å². The van der Waals surface area contributed by atoms with E-state index in [0.717, 1.165) is 21.6 Å². The number of aromatic nitrogens is 3. The molecule has 0 atom stereocenters. The highest BCUT2D eigenvalue weighted by molar-refractivity contribution is 7.98. The molecule has 3 aromatic rings. The molecule has 2 aromatic heterocycles. The lowest BCUT2D eigenvalue weighted by Gasteiger charge is -1.97. The summed E-state index contributed by atoms with van der Waals surface area (Å²) in [7, 11) is 0. The van der Waals surface area contributed by atoms with Crippen LogP contribution in [0.2, 0.25) is 0 Å². The van der Waals surface area contributed by atoms with Crippen LogP contribution in [-0.2, 0) is 5.75 Å². The van der Waals surface area contributed by atoms with Gasteiger partial charge in [-0.05, 0) is 13.0 Å². The minimum absolute atomic E-state index is 0.789. The van der Waals surface area contributed by atoms with Crippen LogP contribution in [0, 0.1) is 6.92 Å². The normalized spacial score (nSPS) is 10.7. The Bertz CT molecular complexity index is 678. The van der Waals surface area contributed by atoms with E-state index in [9.17, 15) is 0 Å². The fourth-order valence-corrected chi connectivity index (χ4v) is 3.33. The number of benzene rings is 1. The quantitative estimate of drug-likeness (QED) is 0.534. The SMILES string of the molecule is Cc1ccc(-c2nc(CSc3ncccn3)cs2)cc1. The van der Waals surface area contributed by atoms with Crippen LogP contribution >= 0.6 is 23.1 Å². The Morgan fingerprint density at radius 3 is 2.60 bits per heavy atom. The van der Waals surface area contributed by atoms with Crippen molar-refractivity contribution in [2.75, 3.05) is 0 Å². The summed E-state index contributed by atoms with van der Waals surface area (Å²) in [6.45, 7) is 2.09. The molecule has 3 rings (SSSR count). The smallest absolute Gasteiger partial charge is 0.187 e. The van der Waals surface area contributed by atoms with Gasteiger partial charge in [0, 0.05) is 29.1 Å². The van der Waals surface area contributed by atoms with Gasteiger partial charge in [-0.1, -0.05) is 41.6 Å². The van der Waals surface area contributed by atoms with Crippen LogP contribution in [0.3, 0.4) is 0 Å². The van der Waals surface area contributed by atoms with Gasteiger partial charge in [0.1, 0.15) is 5.01 Å². The predicted molar refractivity (Wildman–Crippen MR) is 83.9 cm³/mol. The first-order chi connectivity index (χ1) is 9.81. The molecule has 0 N–H and O–H groups in total. The van der Waals surface area contributed by atoms with E-state index in [0.29, 0.717) is 0 Å². The number of thioether (sulfide) groups is 1. The van der Waals surface area contributed by atoms with Crippen molar-refractivity contribution in [1.82, 2.24) is 15.0 Å². The van der Waals surface area contributed by atoms with Gasteiger partial charge < -0.3 is 0 Å². The molecule has 100 valence electrons. The van der Waals surface area contributed by atoms with Gasteiger partial charge in [-0.15, -0.1) is 11.3 Å². The Hall–Kier alpha value is -1.72. The summed E-state index contributed by atoms with van der Waals surface area (Å²) in [5.41, 5.74) is 3.51. The summed E-state index contributed by atoms with van der Waals surface area (Å²) in [6, 6.07) is 10.3. The number of thiazole rings is 1. The zero-order valence-corrected chi connectivity index (χ0v) is 12.6. The highest BCUT2D eigenvalue weighted by atomic mass is 32.2. The van der Waals surface area contributed by atoms with Gasteiger partial charge >= 0.3 is 0 Å². The van der Waals surface area contributed by atoms with Gasteiger partial charge in [0.2, 0.25) is 0 Å². The van der Waals surface area contributed by atoms with E-state index < -0.39 is 0 Å². The summed E-state index contributed by atoms with van der Waals surface area (Å²) >= 11 is 3.28. The van der Waals surface area contributed by atoms with Gasteiger partial charge in [0.05, 0.1) is 5.69 Å². The third-order valence-electron chi connectivity index (χ3n) is 2.74. The molecule has 0 saturated carbocycles. The van der Waals surface area contributed by atoms with E-state index in [-0.39, 0.29) is 0 Å². The molecule has 0 bridgehead atoms. The minimum Gasteiger partial charge on any atom is -0.240 e. The van der Waals surface area contributed by atoms with Crippen molar-refractivity contribution >= 4 is 23.1 Å². The third-order valence-corrected chi connectivity index (χ3v) is 4.59. The summed E-state index contributed by atoms with van der Waals surface area (Å²) in [5.74, 6) is 0.798. The Labute approximate surface area is 126 Å². The highest BCUT2D eigenvalue weighted by Gasteiger charge is 2.06. The lowest BCUT2D eigenvalue weighted by Crippen LogP contribution is -1.86. The molecular weight excluding hydrogens is 286 g/mol. The maximum atomic E-state index is 4.67. The van der Waals surface area contributed by atoms with Crippen LogP contribution < -0.4 is 0 Å². The van der Waals surface area contributed by atoms with E-state index in [2.05, 4.69) is 51.5 Å². The van der Waals surface area contributed by atoms with E-state index >= 15 is 0 Å². The van der Waals surface area contributed by atoms with Crippen molar-refractivity contribution in [2.45, 2.75) is 17.8 Å². The van der Waals surface area contributed by atoms with Crippen LogP contribution in [0.15, 0.2) is 53.3 Å². The second kappa shape index (κ2) is 6.15. The number of hydrogen-bond donors (Lipinski definition) is 0. The Kier molecular flexibility index (Phi) is 4.08. The van der Waals surface area contributed by atoms with E-state index in [1.807, 2.05) is 6.07 Å². The molecule has 0 saturated heterocycles. The van der Waals surface area contributed by atoms with Crippen LogP contribution in [-0.4, -0.2) is 15.0 Å². The Morgan fingerprint density at radius 1 is 1.10 bits per heavy atom. The molecule has 1 aromatic carbocycles. The molecule has 0 amide bonds. The second-order valence-corrected chi connectivity index (χ2v) is 6.13. The Morgan fingerprint density at radius 2 is 1.85 bits per heavy atom. The molecule has 0 unspecified atom stereocenters. The average molecular weight is 299 g/mol. The molecule has 0 aliphatic rings. The van der Waals surface area contributed by atoms with Crippen LogP contribution in [0.4, 0.5) is 0 Å². The lowest BCUT2D eigenvalue weighted by atomic mass is 10.2. The molecular formula is C15H13N3S2. The third kappa shape index (κ3) is 3.23. The van der Waals surface area contributed by atoms with Crippen molar-refractivity contribution in [3.05, 3.63) is 59.4 Å². The highest BCUT2D eigenvalue weighted by Crippen LogP contribution is 2.26. The first kappa shape index (κ1) is 13.3. The standard InChI is InChI=1S/C15H13N3S2/c1-11-3-5-12(6-4-11)14-18-13(9-19-14)10-20-15-16-7-2-8-17-15/h2-9H,10H2,1H3. The Balaban J connectivity index is 1.69. The fraction of sp³-hybridized carbons (Fsp3) is 0.133. The zero-order chi connectivity index (χ0) is 13.8. The lowest BCUT2D eigenvalue weighted by molar-refractivity contribution is 0.965. The van der Waals surface area contributed by atoms with Crippen molar-refractivity contribution in [2.24, 2.45) is 0 Å². The molecule has 0 aliphatic carbocycles. The van der Waals surface area contributed by atoms with Gasteiger partial charge in [0.15, 0.2) is 5.16 Å². The molecule has 0 radical (unpaired) electrons. The maximum absolute atomic E-state index is 4.67. The molecule has 0 fully saturated rings. The molecule has 0 spiro atoms. The summed E-state index contributed by atoms with van der Waals surface area (Å²) in [6.07, 6.45) is 3.52. The van der Waals surface area contributed by atoms with E-state index in [1.165, 1.54) is 11.1 Å². The number of aryl methyl sites for hydroxylation is 1. The topological polar surface area (TPSA) is 38.7 Å². The van der Waals surface area contributed by atoms with E-state index in [4.69, 9.17) is 0 Å². The average Bonchev–Trinajstić information content (AvgIpc) is 2.96. The maximum Gasteiger partial charge on any atom is 0.187 e. The minimum atomic E-state index is 0.789. The van der Waals surface area contributed by atoms with Crippen molar-refractivity contribution in [3.63, 3.8) is 0 Å². The van der Waals surface area contributed by atoms with Crippen LogP contribution in [0.25, 0.3) is 10.6 Å². The van der Waals surface area contributed by atoms with E-state index in [1.54, 1.807) is 35.5 Å². The summed E-state index contributed by atoms with van der Waals surface area (Å²) < 4.78 is 0. The molecule has 0 aliphatic heterocycles. The second-order valence-electron chi connectivity index (χ2n) is 4.33. The van der Waals surface area contributed by atoms with Gasteiger partial charge in [-0.2, -0.15) is 0 Å². The molecule has 2 heterocycles. The van der Waals surface area contributed by atoms with Crippen LogP contribution in [0.5, 0.6) is 0 Å². The number of hydrogen-bond acceptors (Lipinski definition) is 5. The van der Waals surface area contributed by atoms with Crippen molar-refractivity contribution in [1.29, 1.82) is 0 Å². The van der Waals surface area contributed by atoms with Crippen molar-refractivity contribution < 1.29 is 0 Å². The predicted octanol–water partition coefficient (Wildman–Crippen LogP) is 4.20. The summed E-state index contributed by atoms with van der Waals surface area (Å²) in [4.78, 5) is 13.1. The van der Waals surface area contributed by atoms with Crippen molar-refractivity contribution in [3.8, 4) is 10.6 Å². The fourth-order valence-electron chi connectivity index (χ4n) is 1.70. The number of rotatable bonds is 4. The molecule has 20 heavy (non-hydrogen) atoms. The largest absolute Gasteiger partial charge is 0.240 e. The molecule has 3 nitrogen and oxygen atoms in total. The van der Waals surface area contributed by atoms with Gasteiger partial charge in [-0.3, -0.25) is 0 Å². The molecule has 5 heteroatoms. The summed E-state index contributed by atoms with van der Waals surface area (Å²) in [5, 5.41) is 3.96. The van der Waals surface area contributed by atoms with Gasteiger partial charge in [0.25, 0.3) is 0 Å².